The van der Waals surface area contributed by atoms with Crippen LogP contribution in [0, 0.1) is 0 Å². The Balaban J connectivity index is 2.24. The second-order valence-corrected chi connectivity index (χ2v) is 6.74. The lowest BCUT2D eigenvalue weighted by atomic mass is 10.2. The van der Waals surface area contributed by atoms with Crippen LogP contribution < -0.4 is 5.56 Å². The van der Waals surface area contributed by atoms with E-state index in [-0.39, 0.29) is 5.56 Å². The van der Waals surface area contributed by atoms with Crippen LogP contribution in [-0.2, 0) is 5.75 Å². The van der Waals surface area contributed by atoms with Gasteiger partial charge in [0.25, 0.3) is 5.56 Å². The zero-order chi connectivity index (χ0) is 17.4. The van der Waals surface area contributed by atoms with Gasteiger partial charge in [0.05, 0.1) is 16.8 Å². The van der Waals surface area contributed by atoms with Gasteiger partial charge in [0.2, 0.25) is 0 Å². The van der Waals surface area contributed by atoms with Crippen LogP contribution in [0.15, 0.2) is 82.0 Å². The van der Waals surface area contributed by atoms with E-state index in [9.17, 15) is 4.79 Å². The fourth-order valence-electron chi connectivity index (χ4n) is 2.00. The fraction of sp³-hybridized carbons (Fsp3) is 0.158. The Kier molecular flexibility index (Phi) is 7.15. The van der Waals surface area contributed by atoms with E-state index in [1.807, 2.05) is 49.6 Å². The summed E-state index contributed by atoms with van der Waals surface area (Å²) in [5.74, 6) is 0.807. The Morgan fingerprint density at radius 3 is 2.71 bits per heavy atom. The second-order valence-electron chi connectivity index (χ2n) is 4.91. The summed E-state index contributed by atoms with van der Waals surface area (Å²) in [7, 11) is 0. The number of rotatable bonds is 7. The minimum Gasteiger partial charge on any atom is -0.266 e. The average molecular weight is 357 g/mol. The molecule has 0 aliphatic heterocycles. The minimum atomic E-state index is -0.129. The predicted molar refractivity (Wildman–Crippen MR) is 106 cm³/mol. The number of allylic oxidation sites excluding steroid dienone is 5. The summed E-state index contributed by atoms with van der Waals surface area (Å²) in [4.78, 5) is 14.3. The van der Waals surface area contributed by atoms with Gasteiger partial charge in [-0.2, -0.15) is 9.78 Å². The molecule has 0 radical (unpaired) electrons. The van der Waals surface area contributed by atoms with E-state index in [1.54, 1.807) is 24.0 Å². The number of benzene rings is 1. The van der Waals surface area contributed by atoms with Gasteiger partial charge in [0, 0.05) is 10.6 Å². The lowest BCUT2D eigenvalue weighted by Crippen LogP contribution is -2.23. The number of aromatic nitrogens is 2. The Morgan fingerprint density at radius 2 is 2.04 bits per heavy atom. The van der Waals surface area contributed by atoms with Crippen LogP contribution in [0.5, 0.6) is 0 Å². The molecule has 0 aliphatic carbocycles. The molecule has 24 heavy (non-hydrogen) atoms. The van der Waals surface area contributed by atoms with Crippen LogP contribution in [0.3, 0.4) is 0 Å². The highest BCUT2D eigenvalue weighted by Crippen LogP contribution is 2.28. The van der Waals surface area contributed by atoms with Crippen molar-refractivity contribution in [3.05, 3.63) is 83.3 Å². The third-order valence-electron chi connectivity index (χ3n) is 3.21. The maximum Gasteiger partial charge on any atom is 0.286 e. The topological polar surface area (TPSA) is 34.9 Å². The van der Waals surface area contributed by atoms with Crippen molar-refractivity contribution in [2.24, 2.45) is 0 Å². The van der Waals surface area contributed by atoms with Gasteiger partial charge >= 0.3 is 0 Å². The third kappa shape index (κ3) is 4.76. The summed E-state index contributed by atoms with van der Waals surface area (Å²) < 4.78 is 1.35. The molecular formula is C19H20N2OS2. The summed E-state index contributed by atoms with van der Waals surface area (Å²) in [6, 6.07) is 10.2. The molecule has 1 heterocycles. The van der Waals surface area contributed by atoms with Crippen molar-refractivity contribution in [1.29, 1.82) is 0 Å². The molecule has 0 N–H and O–H groups in total. The zero-order valence-corrected chi connectivity index (χ0v) is 15.4. The summed E-state index contributed by atoms with van der Waals surface area (Å²) in [6.45, 7) is 5.85. The molecule has 1 aromatic carbocycles. The van der Waals surface area contributed by atoms with Gasteiger partial charge in [-0.3, -0.25) is 4.79 Å². The van der Waals surface area contributed by atoms with Crippen molar-refractivity contribution in [3.8, 4) is 0 Å². The number of hydrogen-bond donors (Lipinski definition) is 0. The molecule has 1 aromatic heterocycles. The number of hydrogen-bond acceptors (Lipinski definition) is 4. The van der Waals surface area contributed by atoms with Crippen LogP contribution in [0.1, 0.15) is 12.5 Å². The molecular weight excluding hydrogens is 336 g/mol. The average Bonchev–Trinajstić information content (AvgIpc) is 2.61. The molecule has 124 valence electrons. The van der Waals surface area contributed by atoms with Gasteiger partial charge in [-0.1, -0.05) is 55.1 Å². The quantitative estimate of drug-likeness (QED) is 0.524. The number of thioether (sulfide) groups is 2. The van der Waals surface area contributed by atoms with Gasteiger partial charge in [-0.15, -0.1) is 23.5 Å². The van der Waals surface area contributed by atoms with E-state index in [2.05, 4.69) is 23.8 Å². The summed E-state index contributed by atoms with van der Waals surface area (Å²) in [5, 5.41) is 4.27. The van der Waals surface area contributed by atoms with E-state index in [0.29, 0.717) is 10.6 Å². The van der Waals surface area contributed by atoms with Crippen LogP contribution >= 0.6 is 23.5 Å². The first-order chi connectivity index (χ1) is 11.7. The van der Waals surface area contributed by atoms with Crippen molar-refractivity contribution in [1.82, 2.24) is 9.78 Å². The molecule has 0 atom stereocenters. The fourth-order valence-corrected chi connectivity index (χ4v) is 3.80. The van der Waals surface area contributed by atoms with Crippen molar-refractivity contribution in [2.75, 3.05) is 6.26 Å². The highest BCUT2D eigenvalue weighted by Gasteiger charge is 2.12. The third-order valence-corrected chi connectivity index (χ3v) is 5.24. The summed E-state index contributed by atoms with van der Waals surface area (Å²) >= 11 is 3.07. The van der Waals surface area contributed by atoms with Gasteiger partial charge in [0.15, 0.2) is 0 Å². The Morgan fingerprint density at radius 1 is 1.29 bits per heavy atom. The van der Waals surface area contributed by atoms with Crippen LogP contribution in [0.2, 0.25) is 0 Å². The smallest absolute Gasteiger partial charge is 0.266 e. The lowest BCUT2D eigenvalue weighted by Gasteiger charge is -2.10. The van der Waals surface area contributed by atoms with E-state index < -0.39 is 0 Å². The van der Waals surface area contributed by atoms with Crippen molar-refractivity contribution < 1.29 is 0 Å². The zero-order valence-electron chi connectivity index (χ0n) is 13.8. The van der Waals surface area contributed by atoms with E-state index in [4.69, 9.17) is 0 Å². The largest absolute Gasteiger partial charge is 0.286 e. The predicted octanol–water partition coefficient (Wildman–Crippen LogP) is 4.86. The van der Waals surface area contributed by atoms with Crippen molar-refractivity contribution in [2.45, 2.75) is 22.5 Å². The molecule has 0 unspecified atom stereocenters. The summed E-state index contributed by atoms with van der Waals surface area (Å²) in [5.41, 5.74) is 1.64. The van der Waals surface area contributed by atoms with Gasteiger partial charge in [-0.25, -0.2) is 0 Å². The molecule has 0 amide bonds. The highest BCUT2D eigenvalue weighted by atomic mass is 32.2. The van der Waals surface area contributed by atoms with E-state index in [0.717, 1.165) is 10.6 Å². The number of nitrogens with zero attached hydrogens (tertiary/aromatic N) is 2. The lowest BCUT2D eigenvalue weighted by molar-refractivity contribution is 0.778. The molecule has 0 aliphatic rings. The molecule has 2 aromatic rings. The van der Waals surface area contributed by atoms with Crippen LogP contribution in [0.4, 0.5) is 0 Å². The monoisotopic (exact) mass is 356 g/mol. The van der Waals surface area contributed by atoms with E-state index >= 15 is 0 Å². The first kappa shape index (κ1) is 18.4. The van der Waals surface area contributed by atoms with Crippen molar-refractivity contribution >= 4 is 29.2 Å². The first-order valence-corrected chi connectivity index (χ1v) is 9.70. The first-order valence-electron chi connectivity index (χ1n) is 7.49. The minimum absolute atomic E-state index is 0.129. The maximum atomic E-state index is 12.7. The molecule has 0 saturated carbocycles. The normalized spacial score (nSPS) is 11.4. The molecule has 5 heteroatoms. The van der Waals surface area contributed by atoms with Gasteiger partial charge in [0.1, 0.15) is 0 Å². The van der Waals surface area contributed by atoms with Crippen molar-refractivity contribution in [3.63, 3.8) is 0 Å². The highest BCUT2D eigenvalue weighted by molar-refractivity contribution is 8.01. The van der Waals surface area contributed by atoms with Crippen LogP contribution in [-0.4, -0.2) is 16.0 Å². The molecule has 0 spiro atoms. The Bertz CT molecular complexity index is 808. The SMILES string of the molecule is C=C(/C=C\C=C/C)n1ncc(SCc2ccccc2)c(SC)c1=O. The molecule has 0 fully saturated rings. The molecule has 2 rings (SSSR count). The van der Waals surface area contributed by atoms with Gasteiger partial charge < -0.3 is 0 Å². The van der Waals surface area contributed by atoms with Crippen LogP contribution in [0.25, 0.3) is 5.70 Å². The van der Waals surface area contributed by atoms with E-state index in [1.165, 1.54) is 22.0 Å². The molecule has 0 saturated heterocycles. The van der Waals surface area contributed by atoms with Gasteiger partial charge in [-0.05, 0) is 24.8 Å². The Labute approximate surface area is 151 Å². The standard InChI is InChI=1S/C19H20N2OS2/c1-4-5-7-10-15(2)21-19(22)18(23-3)17(13-20-21)24-14-16-11-8-6-9-12-16/h4-13H,2,14H2,1,3H3/b5-4-,10-7-. The summed E-state index contributed by atoms with van der Waals surface area (Å²) in [6.07, 6.45) is 11.1. The Hall–Kier alpha value is -1.98. The molecule has 3 nitrogen and oxygen atoms in total. The second kappa shape index (κ2) is 9.35. The maximum absolute atomic E-state index is 12.7. The molecule has 0 bridgehead atoms.